The molecule has 4 N–H and O–H groups in total. The number of aliphatic hydroxyl groups excluding tert-OH is 4. The van der Waals surface area contributed by atoms with Gasteiger partial charge in [-0.25, -0.2) is 0 Å². The molecule has 0 saturated carbocycles. The number of nitrogens with zero attached hydrogens (tertiary/aromatic N) is 1. The summed E-state index contributed by atoms with van der Waals surface area (Å²) in [7, 11) is 0. The van der Waals surface area contributed by atoms with E-state index in [-0.39, 0.29) is 26.4 Å². The molecular formula is C89H89NO9. The molecule has 10 heteroatoms. The molecule has 1 aromatic heterocycles. The number of benzene rings is 11. The fraction of sp³-hybridized carbons (Fsp3) is 0.202. The van der Waals surface area contributed by atoms with E-state index in [2.05, 4.69) is 148 Å². The third-order valence-electron chi connectivity index (χ3n) is 17.2. The van der Waals surface area contributed by atoms with Gasteiger partial charge in [-0.2, -0.15) is 0 Å². The predicted octanol–water partition coefficient (Wildman–Crippen LogP) is 19.4. The van der Waals surface area contributed by atoms with E-state index in [0.717, 1.165) is 116 Å². The minimum absolute atomic E-state index is 0.0444. The lowest BCUT2D eigenvalue weighted by atomic mass is 9.94. The van der Waals surface area contributed by atoms with Gasteiger partial charge in [-0.05, 0) is 186 Å². The number of hydrogen-bond acceptors (Lipinski definition) is 10. The van der Waals surface area contributed by atoms with Crippen LogP contribution in [0.15, 0.2) is 273 Å². The molecule has 0 radical (unpaired) electrons. The van der Waals surface area contributed by atoms with Gasteiger partial charge in [-0.3, -0.25) is 4.98 Å². The maximum absolute atomic E-state index is 9.22. The fourth-order valence-corrected chi connectivity index (χ4v) is 11.4. The van der Waals surface area contributed by atoms with E-state index in [0.29, 0.717) is 39.6 Å². The van der Waals surface area contributed by atoms with Gasteiger partial charge in [0.05, 0.1) is 45.3 Å². The third-order valence-corrected chi connectivity index (χ3v) is 17.2. The summed E-state index contributed by atoms with van der Waals surface area (Å²) in [6, 6.07) is 90.0. The van der Waals surface area contributed by atoms with Crippen molar-refractivity contribution in [1.29, 1.82) is 0 Å². The Morgan fingerprint density at radius 3 is 1.21 bits per heavy atom. The summed E-state index contributed by atoms with van der Waals surface area (Å²) >= 11 is 0. The van der Waals surface area contributed by atoms with Crippen molar-refractivity contribution in [2.75, 3.05) is 0 Å². The Morgan fingerprint density at radius 2 is 0.697 bits per heavy atom. The first-order valence-electron chi connectivity index (χ1n) is 34.1. The third kappa shape index (κ3) is 21.3. The van der Waals surface area contributed by atoms with Gasteiger partial charge >= 0.3 is 0 Å². The summed E-state index contributed by atoms with van der Waals surface area (Å²) in [5.74, 6) is 3.49. The molecule has 0 bridgehead atoms. The second-order valence-electron chi connectivity index (χ2n) is 24.3. The van der Waals surface area contributed by atoms with Crippen LogP contribution in [0.3, 0.4) is 0 Å². The lowest BCUT2D eigenvalue weighted by Gasteiger charge is -2.22. The van der Waals surface area contributed by atoms with Crippen molar-refractivity contribution in [3.05, 3.63) is 351 Å². The standard InChI is InChI=1S/C24H24O3.2C22H22O2.C21H21NO2/c1-2-17-6-9-23-22-8-7-20(11-21(22)16-27-24(23)12-17)15-26-14-19-5-3-4-18(10-19)13-25;1-2-17-6-4-9-20(13-17)21-10-5-11-22(14-21)24-16-19-8-3-7-18(12-19)15-23;1-2-17-6-8-20(9-7-17)21-10-12-22(13-11-21)24-16-19-5-3-4-18(14-19)15-23;1-2-16-9-10-21(22-13-16)19-7-4-8-20(12-19)24-15-18-6-3-5-17(11-18)14-23/h3-12,25H,2,13-16H2,1H3;2*3-14,23H,2,15-16H2,1H3;3-13,23H,2,14-15H2,1H3. The highest BCUT2D eigenvalue weighted by molar-refractivity contribution is 5.76. The Bertz CT molecular complexity index is 4470. The van der Waals surface area contributed by atoms with Crippen LogP contribution < -0.4 is 18.9 Å². The van der Waals surface area contributed by atoms with E-state index in [9.17, 15) is 20.4 Å². The van der Waals surface area contributed by atoms with Gasteiger partial charge < -0.3 is 44.1 Å². The van der Waals surface area contributed by atoms with Crippen LogP contribution in [0.1, 0.15) is 106 Å². The largest absolute Gasteiger partial charge is 0.489 e. The van der Waals surface area contributed by atoms with Gasteiger partial charge in [0, 0.05) is 17.3 Å². The molecule has 0 saturated heterocycles. The lowest BCUT2D eigenvalue weighted by Crippen LogP contribution is -2.07. The summed E-state index contributed by atoms with van der Waals surface area (Å²) < 4.78 is 29.5. The zero-order valence-electron chi connectivity index (χ0n) is 57.2. The minimum Gasteiger partial charge on any atom is -0.489 e. The van der Waals surface area contributed by atoms with Crippen molar-refractivity contribution in [2.45, 2.75) is 119 Å². The van der Waals surface area contributed by atoms with Crippen LogP contribution in [0.4, 0.5) is 0 Å². The summed E-state index contributed by atoms with van der Waals surface area (Å²) in [4.78, 5) is 4.52. The average molecular weight is 1320 g/mol. The van der Waals surface area contributed by atoms with E-state index in [1.807, 2.05) is 158 Å². The first-order valence-corrected chi connectivity index (χ1v) is 34.1. The Kier molecular flexibility index (Phi) is 26.9. The Labute approximate surface area is 584 Å². The zero-order chi connectivity index (χ0) is 69.0. The normalized spacial score (nSPS) is 11.0. The molecule has 10 nitrogen and oxygen atoms in total. The van der Waals surface area contributed by atoms with Crippen molar-refractivity contribution in [3.63, 3.8) is 0 Å². The number of ether oxygens (including phenoxy) is 5. The molecule has 0 atom stereocenters. The molecule has 0 unspecified atom stereocenters. The summed E-state index contributed by atoms with van der Waals surface area (Å²) in [5.41, 5.74) is 24.6. The molecule has 13 rings (SSSR count). The van der Waals surface area contributed by atoms with Gasteiger partial charge in [-0.15, -0.1) is 0 Å². The maximum atomic E-state index is 9.22. The summed E-state index contributed by atoms with van der Waals surface area (Å²) in [5, 5.41) is 36.8. The number of pyridine rings is 1. The van der Waals surface area contributed by atoms with Gasteiger partial charge in [0.2, 0.25) is 0 Å². The van der Waals surface area contributed by atoms with Crippen molar-refractivity contribution in [1.82, 2.24) is 4.98 Å². The molecule has 12 aromatic rings. The number of aromatic nitrogens is 1. The molecule has 1 aliphatic heterocycles. The summed E-state index contributed by atoms with van der Waals surface area (Å²) in [6.45, 7) is 12.0. The highest BCUT2D eigenvalue weighted by atomic mass is 16.5. The number of hydrogen-bond donors (Lipinski definition) is 4. The second kappa shape index (κ2) is 37.3. The average Bonchev–Trinajstić information content (AvgIpc) is 0.788. The van der Waals surface area contributed by atoms with Crippen LogP contribution in [0.2, 0.25) is 0 Å². The first kappa shape index (κ1) is 71.3. The highest BCUT2D eigenvalue weighted by Crippen LogP contribution is 2.39. The topological polar surface area (TPSA) is 140 Å². The smallest absolute Gasteiger partial charge is 0.127 e. The summed E-state index contributed by atoms with van der Waals surface area (Å²) in [6.07, 6.45) is 6.02. The number of rotatable bonds is 24. The van der Waals surface area contributed by atoms with E-state index in [1.165, 1.54) is 55.6 Å². The van der Waals surface area contributed by atoms with Crippen LogP contribution in [-0.2, 0) is 96.5 Å². The van der Waals surface area contributed by atoms with Gasteiger partial charge in [0.15, 0.2) is 0 Å². The van der Waals surface area contributed by atoms with E-state index in [1.54, 1.807) is 0 Å². The van der Waals surface area contributed by atoms with Crippen molar-refractivity contribution < 1.29 is 44.1 Å². The Morgan fingerprint density at radius 1 is 0.303 bits per heavy atom. The molecule has 0 spiro atoms. The number of aryl methyl sites for hydroxylation is 4. The predicted molar refractivity (Wildman–Crippen MR) is 398 cm³/mol. The van der Waals surface area contributed by atoms with Crippen molar-refractivity contribution >= 4 is 0 Å². The van der Waals surface area contributed by atoms with E-state index >= 15 is 0 Å². The van der Waals surface area contributed by atoms with Crippen LogP contribution in [-0.4, -0.2) is 25.4 Å². The molecule has 504 valence electrons. The van der Waals surface area contributed by atoms with Gasteiger partial charge in [0.1, 0.15) is 49.4 Å². The molecule has 1 aliphatic rings. The van der Waals surface area contributed by atoms with Crippen LogP contribution in [0.25, 0.3) is 44.6 Å². The number of aliphatic hydroxyl groups is 4. The van der Waals surface area contributed by atoms with Crippen LogP contribution >= 0.6 is 0 Å². The zero-order valence-corrected chi connectivity index (χ0v) is 57.2. The SMILES string of the molecule is CCc1ccc(-c2ccc(OCc3cccc(CO)c3)cc2)cc1.CCc1ccc(-c2cccc(OCc3cccc(CO)c3)c2)nc1.CCc1ccc2c(c1)OCc1cc(COCc3cccc(CO)c3)ccc1-2.CCc1cccc(-c2cccc(OCc3cccc(CO)c3)c2)c1. The van der Waals surface area contributed by atoms with E-state index < -0.39 is 0 Å². The van der Waals surface area contributed by atoms with Crippen molar-refractivity contribution in [3.8, 4) is 67.6 Å². The fourth-order valence-electron chi connectivity index (χ4n) is 11.4. The van der Waals surface area contributed by atoms with Crippen molar-refractivity contribution in [2.24, 2.45) is 0 Å². The Balaban J connectivity index is 0.000000143. The van der Waals surface area contributed by atoms with Gasteiger partial charge in [-0.1, -0.05) is 240 Å². The van der Waals surface area contributed by atoms with E-state index in [4.69, 9.17) is 23.7 Å². The Hall–Kier alpha value is -10.4. The molecule has 11 aromatic carbocycles. The van der Waals surface area contributed by atoms with Crippen LogP contribution in [0, 0.1) is 0 Å². The van der Waals surface area contributed by atoms with Crippen LogP contribution in [0.5, 0.6) is 23.0 Å². The molecule has 0 aliphatic carbocycles. The molecule has 0 fully saturated rings. The lowest BCUT2D eigenvalue weighted by molar-refractivity contribution is 0.107. The maximum Gasteiger partial charge on any atom is 0.127 e. The molecule has 2 heterocycles. The quantitative estimate of drug-likeness (QED) is 0.0462. The highest BCUT2D eigenvalue weighted by Gasteiger charge is 2.18. The van der Waals surface area contributed by atoms with Gasteiger partial charge in [0.25, 0.3) is 0 Å². The minimum atomic E-state index is 0.0444. The molecular weight excluding hydrogens is 1230 g/mol. The monoisotopic (exact) mass is 1320 g/mol. The first-order chi connectivity index (χ1) is 48.6. The molecule has 99 heavy (non-hydrogen) atoms. The molecule has 0 amide bonds. The second-order valence-corrected chi connectivity index (χ2v) is 24.3. The number of fused-ring (bicyclic) bond motifs is 3.